The van der Waals surface area contributed by atoms with E-state index in [1.165, 1.54) is 12.4 Å². The molecule has 1 aliphatic heterocycles. The van der Waals surface area contributed by atoms with E-state index in [1.807, 2.05) is 0 Å². The van der Waals surface area contributed by atoms with Gasteiger partial charge in [-0.1, -0.05) is 29.3 Å². The molecule has 2 bridgehead atoms. The van der Waals surface area contributed by atoms with Gasteiger partial charge >= 0.3 is 12.2 Å². The van der Waals surface area contributed by atoms with Gasteiger partial charge in [0.2, 0.25) is 5.95 Å². The number of hydrogen-bond donors (Lipinski definition) is 1. The van der Waals surface area contributed by atoms with Crippen molar-refractivity contribution in [2.75, 3.05) is 23.3 Å². The van der Waals surface area contributed by atoms with E-state index in [-0.39, 0.29) is 35.6 Å². The maximum atomic E-state index is 13.1. The molecule has 1 aliphatic carbocycles. The average molecular weight is 514 g/mol. The second-order valence-electron chi connectivity index (χ2n) is 8.42. The SMILES string of the molecule is FC(F)(F)Cn1nc(NC2C3CCC2CN(c2cc(Cl)ncn2)C3)nc1Oc1cccc(Cl)c1. The molecule has 2 unspecified atom stereocenters. The molecule has 2 aromatic heterocycles. The Morgan fingerprint density at radius 1 is 1.09 bits per heavy atom. The zero-order valence-electron chi connectivity index (χ0n) is 17.7. The largest absolute Gasteiger partial charge is 0.424 e. The number of benzene rings is 1. The molecule has 0 amide bonds. The summed E-state index contributed by atoms with van der Waals surface area (Å²) in [5.74, 6) is 1.63. The van der Waals surface area contributed by atoms with E-state index in [4.69, 9.17) is 27.9 Å². The van der Waals surface area contributed by atoms with Crippen molar-refractivity contribution >= 4 is 35.0 Å². The minimum atomic E-state index is -4.49. The smallest absolute Gasteiger partial charge is 0.408 e. The molecule has 0 spiro atoms. The molecule has 2 fully saturated rings. The number of alkyl halides is 3. The number of nitrogens with one attached hydrogen (secondary N) is 1. The monoisotopic (exact) mass is 513 g/mol. The van der Waals surface area contributed by atoms with Crippen LogP contribution in [0.15, 0.2) is 36.7 Å². The van der Waals surface area contributed by atoms with E-state index in [2.05, 4.69) is 30.3 Å². The van der Waals surface area contributed by atoms with Crippen LogP contribution in [0.4, 0.5) is 24.9 Å². The maximum Gasteiger partial charge on any atom is 0.408 e. The van der Waals surface area contributed by atoms with E-state index < -0.39 is 12.7 Å². The molecule has 1 aromatic carbocycles. The lowest BCUT2D eigenvalue weighted by atomic mass is 9.92. The number of nitrogens with zero attached hydrogens (tertiary/aromatic N) is 6. The van der Waals surface area contributed by atoms with Crippen molar-refractivity contribution in [2.45, 2.75) is 31.6 Å². The fourth-order valence-electron chi connectivity index (χ4n) is 4.66. The van der Waals surface area contributed by atoms with Crippen LogP contribution in [-0.2, 0) is 6.54 Å². The van der Waals surface area contributed by atoms with E-state index in [1.54, 1.807) is 24.3 Å². The van der Waals surface area contributed by atoms with Crippen LogP contribution in [-0.4, -0.2) is 50.0 Å². The number of fused-ring (bicyclic) bond motifs is 2. The van der Waals surface area contributed by atoms with Crippen LogP contribution >= 0.6 is 23.2 Å². The third-order valence-corrected chi connectivity index (χ3v) is 6.49. The highest BCUT2D eigenvalue weighted by molar-refractivity contribution is 6.30. The van der Waals surface area contributed by atoms with Gasteiger partial charge in [0.05, 0.1) is 0 Å². The highest BCUT2D eigenvalue weighted by Crippen LogP contribution is 2.40. The topological polar surface area (TPSA) is 81.0 Å². The van der Waals surface area contributed by atoms with Gasteiger partial charge in [-0.2, -0.15) is 18.2 Å². The Kier molecular flexibility index (Phi) is 6.15. The number of hydrogen-bond acceptors (Lipinski definition) is 7. The van der Waals surface area contributed by atoms with Gasteiger partial charge in [0.25, 0.3) is 0 Å². The maximum absolute atomic E-state index is 13.1. The van der Waals surface area contributed by atoms with Crippen molar-refractivity contribution in [2.24, 2.45) is 11.8 Å². The van der Waals surface area contributed by atoms with Crippen molar-refractivity contribution in [1.82, 2.24) is 24.7 Å². The third-order valence-electron chi connectivity index (χ3n) is 6.04. The molecular weight excluding hydrogens is 494 g/mol. The Labute approximate surface area is 203 Å². The van der Waals surface area contributed by atoms with Crippen molar-refractivity contribution in [1.29, 1.82) is 0 Å². The lowest BCUT2D eigenvalue weighted by Gasteiger charge is -2.38. The van der Waals surface area contributed by atoms with E-state index in [0.717, 1.165) is 31.7 Å². The van der Waals surface area contributed by atoms with Crippen LogP contribution in [0.1, 0.15) is 12.8 Å². The molecule has 13 heteroatoms. The lowest BCUT2D eigenvalue weighted by molar-refractivity contribution is -0.143. The van der Waals surface area contributed by atoms with Crippen LogP contribution in [0.2, 0.25) is 10.2 Å². The average Bonchev–Trinajstić information content (AvgIpc) is 3.21. The van der Waals surface area contributed by atoms with Gasteiger partial charge in [0.15, 0.2) is 0 Å². The molecule has 2 aliphatic rings. The number of rotatable bonds is 6. The van der Waals surface area contributed by atoms with Gasteiger partial charge in [-0.25, -0.2) is 14.6 Å². The van der Waals surface area contributed by atoms with Crippen LogP contribution < -0.4 is 15.0 Å². The Morgan fingerprint density at radius 3 is 2.53 bits per heavy atom. The molecule has 34 heavy (non-hydrogen) atoms. The summed E-state index contributed by atoms with van der Waals surface area (Å²) < 4.78 is 45.7. The predicted octanol–water partition coefficient (Wildman–Crippen LogP) is 5.06. The normalized spacial score (nSPS) is 22.1. The first-order chi connectivity index (χ1) is 16.2. The highest BCUT2D eigenvalue weighted by Gasteiger charge is 2.43. The summed E-state index contributed by atoms with van der Waals surface area (Å²) in [7, 11) is 0. The van der Waals surface area contributed by atoms with Crippen LogP contribution in [0, 0.1) is 11.8 Å². The van der Waals surface area contributed by atoms with Gasteiger partial charge in [0, 0.05) is 30.2 Å². The summed E-state index contributed by atoms with van der Waals surface area (Å²) in [6.45, 7) is 0.143. The second-order valence-corrected chi connectivity index (χ2v) is 9.25. The van der Waals surface area contributed by atoms with Crippen molar-refractivity contribution in [3.05, 3.63) is 46.8 Å². The standard InChI is InChI=1S/C21H20Cl2F3N7O/c22-14-2-1-3-15(6-14)34-20-30-19(31-33(20)10-21(24,25)26)29-18-12-4-5-13(18)9-32(8-12)17-7-16(23)27-11-28-17/h1-3,6-7,11-13,18H,4-5,8-10H2,(H,29,31). The number of piperidine rings is 1. The van der Waals surface area contributed by atoms with Crippen molar-refractivity contribution < 1.29 is 17.9 Å². The van der Waals surface area contributed by atoms with E-state index in [0.29, 0.717) is 14.9 Å². The molecule has 180 valence electrons. The molecule has 8 nitrogen and oxygen atoms in total. The summed E-state index contributed by atoms with van der Waals surface area (Å²) >= 11 is 12.0. The van der Waals surface area contributed by atoms with Crippen molar-refractivity contribution in [3.63, 3.8) is 0 Å². The zero-order chi connectivity index (χ0) is 23.9. The van der Waals surface area contributed by atoms with Gasteiger partial charge in [-0.15, -0.1) is 5.10 Å². The summed E-state index contributed by atoms with van der Waals surface area (Å²) in [6.07, 6.45) is -1.09. The van der Waals surface area contributed by atoms with Crippen LogP contribution in [0.5, 0.6) is 11.8 Å². The Balaban J connectivity index is 1.34. The molecule has 3 heterocycles. The first-order valence-electron chi connectivity index (χ1n) is 10.7. The highest BCUT2D eigenvalue weighted by atomic mass is 35.5. The van der Waals surface area contributed by atoms with Gasteiger partial charge < -0.3 is 15.0 Å². The Morgan fingerprint density at radius 2 is 1.85 bits per heavy atom. The quantitative estimate of drug-likeness (QED) is 0.461. The summed E-state index contributed by atoms with van der Waals surface area (Å²) in [5.41, 5.74) is 0. The second kappa shape index (κ2) is 9.10. The fourth-order valence-corrected chi connectivity index (χ4v) is 4.99. The van der Waals surface area contributed by atoms with Gasteiger partial charge in [-0.3, -0.25) is 0 Å². The summed E-state index contributed by atoms with van der Waals surface area (Å²) in [4.78, 5) is 14.6. The molecule has 0 radical (unpaired) electrons. The molecule has 5 rings (SSSR count). The number of halogens is 5. The third kappa shape index (κ3) is 5.15. The minimum absolute atomic E-state index is 0.0225. The summed E-state index contributed by atoms with van der Waals surface area (Å²) in [6, 6.07) is 7.85. The molecular formula is C21H20Cl2F3N7O. The number of anilines is 2. The zero-order valence-corrected chi connectivity index (χ0v) is 19.2. The molecule has 2 atom stereocenters. The van der Waals surface area contributed by atoms with Crippen LogP contribution in [0.25, 0.3) is 0 Å². The minimum Gasteiger partial charge on any atom is -0.424 e. The first kappa shape index (κ1) is 23.0. The Bertz CT molecular complexity index is 1160. The van der Waals surface area contributed by atoms with E-state index >= 15 is 0 Å². The number of ether oxygens (including phenoxy) is 1. The van der Waals surface area contributed by atoms with E-state index in [9.17, 15) is 13.2 Å². The molecule has 1 saturated carbocycles. The summed E-state index contributed by atoms with van der Waals surface area (Å²) in [5, 5.41) is 8.10. The molecule has 1 saturated heterocycles. The van der Waals surface area contributed by atoms with Crippen molar-refractivity contribution in [3.8, 4) is 11.8 Å². The fraction of sp³-hybridized carbons (Fsp3) is 0.429. The molecule has 3 aromatic rings. The number of aromatic nitrogens is 5. The molecule has 1 N–H and O–H groups in total. The predicted molar refractivity (Wildman–Crippen MR) is 120 cm³/mol. The van der Waals surface area contributed by atoms with Crippen LogP contribution in [0.3, 0.4) is 0 Å². The van der Waals surface area contributed by atoms with Gasteiger partial charge in [0.1, 0.15) is 29.6 Å². The lowest BCUT2D eigenvalue weighted by Crippen LogP contribution is -2.48. The Hall–Kier alpha value is -2.79. The first-order valence-corrected chi connectivity index (χ1v) is 11.4. The van der Waals surface area contributed by atoms with Gasteiger partial charge in [-0.05, 0) is 42.9 Å².